The third-order valence-corrected chi connectivity index (χ3v) is 3.11. The first-order chi connectivity index (χ1) is 5.70. The van der Waals surface area contributed by atoms with Crippen LogP contribution in [0.1, 0.15) is 20.8 Å². The van der Waals surface area contributed by atoms with Crippen LogP contribution in [0.4, 0.5) is 0 Å². The van der Waals surface area contributed by atoms with Gasteiger partial charge in [0.25, 0.3) is 0 Å². The zero-order chi connectivity index (χ0) is 9.14. The highest BCUT2D eigenvalue weighted by atomic mass is 15.1. The Bertz CT molecular complexity index is 162. The Kier molecular flexibility index (Phi) is 3.33. The lowest BCUT2D eigenvalue weighted by Crippen LogP contribution is -2.20. The molecule has 1 aliphatic carbocycles. The second-order valence-corrected chi connectivity index (χ2v) is 3.98. The van der Waals surface area contributed by atoms with Gasteiger partial charge in [-0.25, -0.2) is 0 Å². The van der Waals surface area contributed by atoms with Gasteiger partial charge in [0.2, 0.25) is 0 Å². The van der Waals surface area contributed by atoms with Gasteiger partial charge in [0, 0.05) is 6.54 Å². The van der Waals surface area contributed by atoms with E-state index >= 15 is 0 Å². The number of hydrogen-bond acceptors (Lipinski definition) is 1. The second kappa shape index (κ2) is 4.08. The van der Waals surface area contributed by atoms with Gasteiger partial charge in [-0.05, 0) is 38.3 Å². The van der Waals surface area contributed by atoms with Gasteiger partial charge in [-0.1, -0.05) is 26.0 Å². The van der Waals surface area contributed by atoms with Crippen molar-refractivity contribution in [3.05, 3.63) is 12.2 Å². The van der Waals surface area contributed by atoms with Crippen LogP contribution in [-0.2, 0) is 0 Å². The zero-order valence-corrected chi connectivity index (χ0v) is 8.75. The van der Waals surface area contributed by atoms with Gasteiger partial charge in [0.15, 0.2) is 0 Å². The second-order valence-electron chi connectivity index (χ2n) is 3.98. The number of rotatable bonds is 4. The molecule has 2 unspecified atom stereocenters. The first-order valence-electron chi connectivity index (χ1n) is 5.02. The van der Waals surface area contributed by atoms with Crippen molar-refractivity contribution in [2.45, 2.75) is 20.8 Å². The smallest absolute Gasteiger partial charge is 0.00150 e. The minimum absolute atomic E-state index is 0.865. The quantitative estimate of drug-likeness (QED) is 0.581. The third-order valence-electron chi connectivity index (χ3n) is 3.11. The lowest BCUT2D eigenvalue weighted by Gasteiger charge is -2.12. The van der Waals surface area contributed by atoms with E-state index in [1.54, 1.807) is 0 Å². The Balaban J connectivity index is 2.28. The summed E-state index contributed by atoms with van der Waals surface area (Å²) >= 11 is 0. The highest BCUT2D eigenvalue weighted by molar-refractivity contribution is 5.06. The molecule has 0 aromatic rings. The van der Waals surface area contributed by atoms with Crippen molar-refractivity contribution < 1.29 is 0 Å². The molecule has 1 aliphatic rings. The van der Waals surface area contributed by atoms with Crippen LogP contribution >= 0.6 is 0 Å². The maximum Gasteiger partial charge on any atom is 0.00150 e. The molecule has 0 aromatic carbocycles. The summed E-state index contributed by atoms with van der Waals surface area (Å²) in [7, 11) is 2.21. The summed E-state index contributed by atoms with van der Waals surface area (Å²) in [4.78, 5) is 2.41. The molecule has 1 fully saturated rings. The molecule has 0 saturated heterocycles. The van der Waals surface area contributed by atoms with E-state index in [0.717, 1.165) is 17.8 Å². The molecular formula is C11H21N. The van der Waals surface area contributed by atoms with E-state index in [4.69, 9.17) is 0 Å². The SMILES string of the molecule is C/C=C\C1C(CN(C)CC)[C@H]1C. The lowest BCUT2D eigenvalue weighted by atomic mass is 10.3. The molecule has 0 N–H and O–H groups in total. The van der Waals surface area contributed by atoms with Crippen LogP contribution in [0.5, 0.6) is 0 Å². The van der Waals surface area contributed by atoms with E-state index in [1.165, 1.54) is 13.1 Å². The standard InChI is InChI=1S/C11H21N/c1-5-7-10-9(3)11(10)8-12(4)6-2/h5,7,9-11H,6,8H2,1-4H3/b7-5-/t9-,10?,11?/m0/s1. The minimum Gasteiger partial charge on any atom is -0.306 e. The molecule has 0 aromatic heterocycles. The van der Waals surface area contributed by atoms with Crippen molar-refractivity contribution in [2.24, 2.45) is 17.8 Å². The van der Waals surface area contributed by atoms with Gasteiger partial charge in [0.05, 0.1) is 0 Å². The fraction of sp³-hybridized carbons (Fsp3) is 0.818. The molecule has 0 aliphatic heterocycles. The van der Waals surface area contributed by atoms with Crippen molar-refractivity contribution in [1.29, 1.82) is 0 Å². The van der Waals surface area contributed by atoms with Gasteiger partial charge >= 0.3 is 0 Å². The molecular weight excluding hydrogens is 146 g/mol. The number of nitrogens with zero attached hydrogens (tertiary/aromatic N) is 1. The van der Waals surface area contributed by atoms with Crippen LogP contribution < -0.4 is 0 Å². The van der Waals surface area contributed by atoms with Crippen LogP contribution in [0, 0.1) is 17.8 Å². The van der Waals surface area contributed by atoms with Gasteiger partial charge in [-0.2, -0.15) is 0 Å². The predicted molar refractivity (Wildman–Crippen MR) is 54.1 cm³/mol. The summed E-state index contributed by atoms with van der Waals surface area (Å²) in [5.41, 5.74) is 0. The summed E-state index contributed by atoms with van der Waals surface area (Å²) in [6.07, 6.45) is 4.55. The average molecular weight is 167 g/mol. The fourth-order valence-electron chi connectivity index (χ4n) is 1.90. The van der Waals surface area contributed by atoms with Crippen molar-refractivity contribution in [3.8, 4) is 0 Å². The summed E-state index contributed by atoms with van der Waals surface area (Å²) in [5.74, 6) is 2.70. The Morgan fingerprint density at radius 2 is 2.08 bits per heavy atom. The molecule has 12 heavy (non-hydrogen) atoms. The van der Waals surface area contributed by atoms with Crippen molar-refractivity contribution in [1.82, 2.24) is 4.90 Å². The van der Waals surface area contributed by atoms with Gasteiger partial charge in [-0.3, -0.25) is 0 Å². The largest absolute Gasteiger partial charge is 0.306 e. The molecule has 1 rings (SSSR count). The first-order valence-corrected chi connectivity index (χ1v) is 5.02. The molecule has 0 bridgehead atoms. The summed E-state index contributed by atoms with van der Waals surface area (Å²) in [6.45, 7) is 9.14. The van der Waals surface area contributed by atoms with E-state index in [2.05, 4.69) is 44.9 Å². The molecule has 0 amide bonds. The van der Waals surface area contributed by atoms with E-state index in [0.29, 0.717) is 0 Å². The molecule has 1 saturated carbocycles. The van der Waals surface area contributed by atoms with E-state index < -0.39 is 0 Å². The summed E-state index contributed by atoms with van der Waals surface area (Å²) in [6, 6.07) is 0. The van der Waals surface area contributed by atoms with Crippen molar-refractivity contribution >= 4 is 0 Å². The minimum atomic E-state index is 0.865. The van der Waals surface area contributed by atoms with E-state index in [9.17, 15) is 0 Å². The molecule has 0 radical (unpaired) electrons. The Labute approximate surface area is 76.5 Å². The van der Waals surface area contributed by atoms with Gasteiger partial charge < -0.3 is 4.90 Å². The van der Waals surface area contributed by atoms with Crippen molar-refractivity contribution in [2.75, 3.05) is 20.1 Å². The fourth-order valence-corrected chi connectivity index (χ4v) is 1.90. The Morgan fingerprint density at radius 3 is 2.58 bits per heavy atom. The average Bonchev–Trinajstić information content (AvgIpc) is 2.64. The maximum absolute atomic E-state index is 2.41. The zero-order valence-electron chi connectivity index (χ0n) is 8.75. The normalized spacial score (nSPS) is 34.9. The monoisotopic (exact) mass is 167 g/mol. The van der Waals surface area contributed by atoms with Crippen molar-refractivity contribution in [3.63, 3.8) is 0 Å². The van der Waals surface area contributed by atoms with E-state index in [1.807, 2.05) is 0 Å². The topological polar surface area (TPSA) is 3.24 Å². The predicted octanol–water partition coefficient (Wildman–Crippen LogP) is 2.40. The maximum atomic E-state index is 2.41. The lowest BCUT2D eigenvalue weighted by molar-refractivity contribution is 0.328. The molecule has 0 spiro atoms. The van der Waals surface area contributed by atoms with Crippen LogP contribution in [0.15, 0.2) is 12.2 Å². The molecule has 0 heterocycles. The van der Waals surface area contributed by atoms with Crippen LogP contribution in [-0.4, -0.2) is 25.0 Å². The van der Waals surface area contributed by atoms with Gasteiger partial charge in [0.1, 0.15) is 0 Å². The summed E-state index contributed by atoms with van der Waals surface area (Å²) in [5, 5.41) is 0. The first kappa shape index (κ1) is 9.79. The number of hydrogen-bond donors (Lipinski definition) is 0. The van der Waals surface area contributed by atoms with Crippen LogP contribution in [0.2, 0.25) is 0 Å². The summed E-state index contributed by atoms with van der Waals surface area (Å²) < 4.78 is 0. The van der Waals surface area contributed by atoms with Gasteiger partial charge in [-0.15, -0.1) is 0 Å². The Hall–Kier alpha value is -0.300. The Morgan fingerprint density at radius 1 is 1.42 bits per heavy atom. The molecule has 1 nitrogen and oxygen atoms in total. The van der Waals surface area contributed by atoms with E-state index in [-0.39, 0.29) is 0 Å². The molecule has 3 atom stereocenters. The van der Waals surface area contributed by atoms with Crippen LogP contribution in [0.3, 0.4) is 0 Å². The third kappa shape index (κ3) is 2.10. The van der Waals surface area contributed by atoms with Crippen LogP contribution in [0.25, 0.3) is 0 Å². The molecule has 70 valence electrons. The number of allylic oxidation sites excluding steroid dienone is 2. The molecule has 1 heteroatoms. The highest BCUT2D eigenvalue weighted by Crippen LogP contribution is 2.47. The highest BCUT2D eigenvalue weighted by Gasteiger charge is 2.44.